The van der Waals surface area contributed by atoms with Crippen LogP contribution in [0.3, 0.4) is 0 Å². The minimum absolute atomic E-state index is 0.00306. The van der Waals surface area contributed by atoms with Gasteiger partial charge in [0.2, 0.25) is 10.0 Å². The molecule has 1 N–H and O–H groups in total. The molecular weight excluding hydrogens is 296 g/mol. The monoisotopic (exact) mass is 312 g/mol. The van der Waals surface area contributed by atoms with E-state index in [0.717, 1.165) is 12.8 Å². The fourth-order valence-corrected chi connectivity index (χ4v) is 3.69. The number of nitro benzene ring substituents is 1. The van der Waals surface area contributed by atoms with Crippen molar-refractivity contribution in [2.24, 2.45) is 5.92 Å². The lowest BCUT2D eigenvalue weighted by Crippen LogP contribution is -2.31. The number of benzene rings is 1. The number of aryl methyl sites for hydroxylation is 2. The van der Waals surface area contributed by atoms with Gasteiger partial charge in [0.15, 0.2) is 5.78 Å². The highest BCUT2D eigenvalue weighted by molar-refractivity contribution is 7.89. The summed E-state index contributed by atoms with van der Waals surface area (Å²) in [6.07, 6.45) is 1.63. The normalized spacial score (nSPS) is 15.0. The van der Waals surface area contributed by atoms with Crippen molar-refractivity contribution in [3.63, 3.8) is 0 Å². The molecule has 1 aliphatic carbocycles. The van der Waals surface area contributed by atoms with Crippen molar-refractivity contribution >= 4 is 21.5 Å². The molecule has 0 saturated heterocycles. The predicted molar refractivity (Wildman–Crippen MR) is 75.5 cm³/mol. The summed E-state index contributed by atoms with van der Waals surface area (Å²) in [6.45, 7) is 2.76. The first-order valence-electron chi connectivity index (χ1n) is 6.50. The lowest BCUT2D eigenvalue weighted by atomic mass is 10.1. The molecule has 0 radical (unpaired) electrons. The van der Waals surface area contributed by atoms with Gasteiger partial charge in [-0.1, -0.05) is 0 Å². The van der Waals surface area contributed by atoms with Gasteiger partial charge in [0, 0.05) is 18.1 Å². The number of carbonyl (C=O) groups is 1. The first-order valence-corrected chi connectivity index (χ1v) is 7.98. The topological polar surface area (TPSA) is 106 Å². The molecule has 0 atom stereocenters. The molecule has 1 saturated carbocycles. The number of nitrogens with zero attached hydrogens (tertiary/aromatic N) is 1. The van der Waals surface area contributed by atoms with Crippen molar-refractivity contribution in [3.05, 3.63) is 33.4 Å². The van der Waals surface area contributed by atoms with Crippen LogP contribution in [0, 0.1) is 29.9 Å². The Morgan fingerprint density at radius 1 is 1.33 bits per heavy atom. The first kappa shape index (κ1) is 15.6. The second kappa shape index (κ2) is 5.53. The van der Waals surface area contributed by atoms with Crippen LogP contribution < -0.4 is 4.72 Å². The molecule has 1 aliphatic rings. The number of sulfonamides is 1. The van der Waals surface area contributed by atoms with Crippen LogP contribution in [0.1, 0.15) is 24.0 Å². The van der Waals surface area contributed by atoms with Crippen molar-refractivity contribution in [1.29, 1.82) is 0 Å². The predicted octanol–water partition coefficient (Wildman–Crippen LogP) is 1.47. The van der Waals surface area contributed by atoms with E-state index in [1.165, 1.54) is 26.0 Å². The number of Topliss-reactive ketones (excluding diaryl/α,β-unsaturated/α-hetero) is 1. The molecule has 0 heterocycles. The fourth-order valence-electron chi connectivity index (χ4n) is 2.24. The van der Waals surface area contributed by atoms with Gasteiger partial charge in [-0.3, -0.25) is 14.9 Å². The Hall–Kier alpha value is -1.80. The zero-order chi connectivity index (χ0) is 15.8. The van der Waals surface area contributed by atoms with Crippen molar-refractivity contribution in [3.8, 4) is 0 Å². The van der Waals surface area contributed by atoms with E-state index in [-0.39, 0.29) is 40.0 Å². The van der Waals surface area contributed by atoms with Gasteiger partial charge in [-0.15, -0.1) is 0 Å². The molecule has 0 spiro atoms. The molecule has 21 heavy (non-hydrogen) atoms. The van der Waals surface area contributed by atoms with Crippen LogP contribution in [0.15, 0.2) is 17.0 Å². The average Bonchev–Trinajstić information content (AvgIpc) is 3.18. The number of nitrogens with one attached hydrogen (secondary N) is 1. The van der Waals surface area contributed by atoms with Crippen molar-refractivity contribution in [1.82, 2.24) is 4.72 Å². The largest absolute Gasteiger partial charge is 0.298 e. The third-order valence-corrected chi connectivity index (χ3v) is 5.10. The molecule has 0 amide bonds. The van der Waals surface area contributed by atoms with Gasteiger partial charge >= 0.3 is 0 Å². The van der Waals surface area contributed by atoms with Gasteiger partial charge in [0.05, 0.1) is 16.4 Å². The molecule has 2 rings (SSSR count). The van der Waals surface area contributed by atoms with Gasteiger partial charge in [-0.2, -0.15) is 0 Å². The number of carbonyl (C=O) groups excluding carboxylic acids is 1. The number of non-ortho nitro benzene ring substituents is 1. The van der Waals surface area contributed by atoms with E-state index in [2.05, 4.69) is 4.72 Å². The van der Waals surface area contributed by atoms with Crippen molar-refractivity contribution in [2.45, 2.75) is 31.6 Å². The van der Waals surface area contributed by atoms with Crippen LogP contribution in [0.4, 0.5) is 5.69 Å². The molecule has 1 aromatic carbocycles. The minimum Gasteiger partial charge on any atom is -0.298 e. The molecule has 0 unspecified atom stereocenters. The van der Waals surface area contributed by atoms with E-state index in [0.29, 0.717) is 0 Å². The Bertz CT molecular complexity index is 684. The summed E-state index contributed by atoms with van der Waals surface area (Å²) in [4.78, 5) is 21.8. The van der Waals surface area contributed by atoms with Crippen LogP contribution >= 0.6 is 0 Å². The lowest BCUT2D eigenvalue weighted by molar-refractivity contribution is -0.385. The summed E-state index contributed by atoms with van der Waals surface area (Å²) in [7, 11) is -3.86. The summed E-state index contributed by atoms with van der Waals surface area (Å²) >= 11 is 0. The highest BCUT2D eigenvalue weighted by Gasteiger charge is 2.31. The molecule has 1 aromatic rings. The average molecular weight is 312 g/mol. The smallest absolute Gasteiger partial charge is 0.270 e. The zero-order valence-corrected chi connectivity index (χ0v) is 12.6. The van der Waals surface area contributed by atoms with Crippen LogP contribution in [-0.2, 0) is 14.8 Å². The molecule has 114 valence electrons. The summed E-state index contributed by atoms with van der Waals surface area (Å²) in [5, 5.41) is 10.8. The molecule has 0 aromatic heterocycles. The quantitative estimate of drug-likeness (QED) is 0.632. The molecule has 1 fully saturated rings. The Balaban J connectivity index is 2.26. The first-order chi connectivity index (χ1) is 9.72. The summed E-state index contributed by atoms with van der Waals surface area (Å²) in [5.74, 6) is -0.137. The third-order valence-electron chi connectivity index (χ3n) is 3.39. The van der Waals surface area contributed by atoms with E-state index in [9.17, 15) is 23.3 Å². The maximum atomic E-state index is 12.3. The lowest BCUT2D eigenvalue weighted by Gasteiger charge is -2.11. The minimum atomic E-state index is -3.86. The van der Waals surface area contributed by atoms with E-state index in [1.807, 2.05) is 0 Å². The molecular formula is C13H16N2O5S. The third kappa shape index (κ3) is 3.45. The fraction of sp³-hybridized carbons (Fsp3) is 0.462. The van der Waals surface area contributed by atoms with Gasteiger partial charge < -0.3 is 0 Å². The van der Waals surface area contributed by atoms with Gasteiger partial charge in [-0.25, -0.2) is 13.1 Å². The van der Waals surface area contributed by atoms with E-state index in [4.69, 9.17) is 0 Å². The second-order valence-electron chi connectivity index (χ2n) is 5.23. The van der Waals surface area contributed by atoms with Crippen LogP contribution in [0.25, 0.3) is 0 Å². The summed E-state index contributed by atoms with van der Waals surface area (Å²) < 4.78 is 26.8. The number of hydrogen-bond donors (Lipinski definition) is 1. The zero-order valence-electron chi connectivity index (χ0n) is 11.8. The Kier molecular flexibility index (Phi) is 4.11. The Morgan fingerprint density at radius 2 is 1.86 bits per heavy atom. The number of ketones is 1. The van der Waals surface area contributed by atoms with Gasteiger partial charge in [-0.05, 0) is 37.8 Å². The van der Waals surface area contributed by atoms with E-state index >= 15 is 0 Å². The maximum Gasteiger partial charge on any atom is 0.270 e. The number of hydrogen-bond acceptors (Lipinski definition) is 5. The van der Waals surface area contributed by atoms with Crippen LogP contribution in [0.5, 0.6) is 0 Å². The summed E-state index contributed by atoms with van der Waals surface area (Å²) in [5.41, 5.74) is 0.416. The highest BCUT2D eigenvalue weighted by atomic mass is 32.2. The van der Waals surface area contributed by atoms with E-state index in [1.54, 1.807) is 0 Å². The highest BCUT2D eigenvalue weighted by Crippen LogP contribution is 2.30. The van der Waals surface area contributed by atoms with Gasteiger partial charge in [0.25, 0.3) is 5.69 Å². The van der Waals surface area contributed by atoms with Crippen molar-refractivity contribution in [2.75, 3.05) is 6.54 Å². The van der Waals surface area contributed by atoms with Crippen LogP contribution in [0.2, 0.25) is 0 Å². The molecule has 0 bridgehead atoms. The number of nitro groups is 1. The summed E-state index contributed by atoms with van der Waals surface area (Å²) in [6, 6.07) is 2.43. The van der Waals surface area contributed by atoms with Crippen LogP contribution in [-0.4, -0.2) is 25.7 Å². The Morgan fingerprint density at radius 3 is 2.29 bits per heavy atom. The molecule has 8 heteroatoms. The maximum absolute atomic E-state index is 12.3. The SMILES string of the molecule is Cc1cc([N+](=O)[O-])cc(C)c1S(=O)(=O)NCC(=O)C1CC1. The molecule has 7 nitrogen and oxygen atoms in total. The van der Waals surface area contributed by atoms with Gasteiger partial charge in [0.1, 0.15) is 0 Å². The number of rotatable bonds is 6. The van der Waals surface area contributed by atoms with E-state index < -0.39 is 14.9 Å². The Labute approximate surface area is 122 Å². The standard InChI is InChI=1S/C13H16N2O5S/c1-8-5-11(15(17)18)6-9(2)13(8)21(19,20)14-7-12(16)10-3-4-10/h5-6,10,14H,3-4,7H2,1-2H3. The second-order valence-corrected chi connectivity index (χ2v) is 6.93. The molecule has 0 aliphatic heterocycles. The van der Waals surface area contributed by atoms with Crippen molar-refractivity contribution < 1.29 is 18.1 Å².